The summed E-state index contributed by atoms with van der Waals surface area (Å²) < 4.78 is 2.20. The Bertz CT molecular complexity index is 948. The van der Waals surface area contributed by atoms with Crippen LogP contribution in [-0.2, 0) is 17.9 Å². The standard InChI is InChI=1S/C26H31ClN2O/c1-4-25(22-11-6-5-7-12-22)26(30)29(17-20(2)3)19-24-14-9-15-28(24)18-21-10-8-13-23(27)16-21/h5-16,20,25H,4,17-19H2,1-3H3/t25-/m0/s1. The lowest BCUT2D eigenvalue weighted by molar-refractivity contribution is -0.134. The van der Waals surface area contributed by atoms with E-state index in [0.717, 1.165) is 41.4 Å². The molecule has 0 radical (unpaired) electrons. The van der Waals surface area contributed by atoms with Gasteiger partial charge in [-0.1, -0.05) is 74.8 Å². The molecule has 0 N–H and O–H groups in total. The molecule has 0 aliphatic carbocycles. The van der Waals surface area contributed by atoms with Gasteiger partial charge in [-0.15, -0.1) is 0 Å². The Morgan fingerprint density at radius 3 is 2.47 bits per heavy atom. The number of carbonyl (C=O) groups is 1. The highest BCUT2D eigenvalue weighted by atomic mass is 35.5. The minimum atomic E-state index is -0.110. The highest BCUT2D eigenvalue weighted by Gasteiger charge is 2.25. The average molecular weight is 423 g/mol. The monoisotopic (exact) mass is 422 g/mol. The van der Waals surface area contributed by atoms with Gasteiger partial charge in [-0.05, 0) is 47.7 Å². The topological polar surface area (TPSA) is 25.2 Å². The third-order valence-electron chi connectivity index (χ3n) is 5.32. The molecule has 4 heteroatoms. The van der Waals surface area contributed by atoms with E-state index in [4.69, 9.17) is 11.6 Å². The second kappa shape index (κ2) is 10.5. The van der Waals surface area contributed by atoms with Crippen LogP contribution >= 0.6 is 11.6 Å². The summed E-state index contributed by atoms with van der Waals surface area (Å²) in [6.07, 6.45) is 2.86. The van der Waals surface area contributed by atoms with Gasteiger partial charge in [-0.25, -0.2) is 0 Å². The van der Waals surface area contributed by atoms with Crippen molar-refractivity contribution in [2.75, 3.05) is 6.54 Å². The van der Waals surface area contributed by atoms with Gasteiger partial charge in [0.2, 0.25) is 5.91 Å². The third kappa shape index (κ3) is 5.76. The number of rotatable bonds is 9. The molecule has 1 amide bonds. The van der Waals surface area contributed by atoms with Crippen LogP contribution in [0.25, 0.3) is 0 Å². The molecule has 0 bridgehead atoms. The molecular formula is C26H31ClN2O. The van der Waals surface area contributed by atoms with Crippen molar-refractivity contribution in [3.8, 4) is 0 Å². The van der Waals surface area contributed by atoms with Gasteiger partial charge >= 0.3 is 0 Å². The average Bonchev–Trinajstić information content (AvgIpc) is 3.15. The quantitative estimate of drug-likeness (QED) is 0.393. The van der Waals surface area contributed by atoms with E-state index in [0.29, 0.717) is 12.5 Å². The third-order valence-corrected chi connectivity index (χ3v) is 5.56. The fourth-order valence-corrected chi connectivity index (χ4v) is 4.12. The van der Waals surface area contributed by atoms with Crippen molar-refractivity contribution in [2.24, 2.45) is 5.92 Å². The predicted octanol–water partition coefficient (Wildman–Crippen LogP) is 6.37. The Hall–Kier alpha value is -2.52. The van der Waals surface area contributed by atoms with Gasteiger partial charge < -0.3 is 9.47 Å². The molecule has 0 unspecified atom stereocenters. The van der Waals surface area contributed by atoms with Crippen LogP contribution in [0.1, 0.15) is 49.9 Å². The Morgan fingerprint density at radius 2 is 1.80 bits per heavy atom. The number of hydrogen-bond donors (Lipinski definition) is 0. The maximum atomic E-state index is 13.6. The number of nitrogens with zero attached hydrogens (tertiary/aromatic N) is 2. The van der Waals surface area contributed by atoms with Crippen molar-refractivity contribution in [3.05, 3.63) is 94.8 Å². The van der Waals surface area contributed by atoms with Crippen molar-refractivity contribution in [1.82, 2.24) is 9.47 Å². The number of amides is 1. The van der Waals surface area contributed by atoms with E-state index in [2.05, 4.69) is 55.8 Å². The molecule has 0 saturated carbocycles. The van der Waals surface area contributed by atoms with Crippen molar-refractivity contribution in [1.29, 1.82) is 0 Å². The van der Waals surface area contributed by atoms with Crippen LogP contribution in [0.5, 0.6) is 0 Å². The van der Waals surface area contributed by atoms with Crippen LogP contribution in [0.2, 0.25) is 5.02 Å². The molecule has 3 nitrogen and oxygen atoms in total. The Labute approximate surface area is 185 Å². The summed E-state index contributed by atoms with van der Waals surface area (Å²) in [7, 11) is 0. The van der Waals surface area contributed by atoms with Crippen molar-refractivity contribution < 1.29 is 4.79 Å². The highest BCUT2D eigenvalue weighted by molar-refractivity contribution is 6.30. The fourth-order valence-electron chi connectivity index (χ4n) is 3.91. The maximum Gasteiger partial charge on any atom is 0.230 e. The molecule has 1 aromatic heterocycles. The predicted molar refractivity (Wildman–Crippen MR) is 125 cm³/mol. The zero-order chi connectivity index (χ0) is 21.5. The molecule has 0 aliphatic rings. The lowest BCUT2D eigenvalue weighted by Gasteiger charge is -2.29. The van der Waals surface area contributed by atoms with E-state index in [1.54, 1.807) is 0 Å². The Kier molecular flexibility index (Phi) is 7.75. The van der Waals surface area contributed by atoms with E-state index < -0.39 is 0 Å². The van der Waals surface area contributed by atoms with E-state index >= 15 is 0 Å². The summed E-state index contributed by atoms with van der Waals surface area (Å²) in [4.78, 5) is 15.6. The van der Waals surface area contributed by atoms with Crippen LogP contribution in [0, 0.1) is 5.92 Å². The lowest BCUT2D eigenvalue weighted by Crippen LogP contribution is -2.37. The second-order valence-electron chi connectivity index (χ2n) is 8.24. The number of hydrogen-bond acceptors (Lipinski definition) is 1. The van der Waals surface area contributed by atoms with Gasteiger partial charge in [-0.3, -0.25) is 4.79 Å². The minimum Gasteiger partial charge on any atom is -0.345 e. The normalized spacial score (nSPS) is 12.2. The molecule has 30 heavy (non-hydrogen) atoms. The summed E-state index contributed by atoms with van der Waals surface area (Å²) in [5, 5.41) is 0.742. The molecule has 1 heterocycles. The summed E-state index contributed by atoms with van der Waals surface area (Å²) >= 11 is 6.15. The molecule has 2 aromatic carbocycles. The van der Waals surface area contributed by atoms with Gasteiger partial charge in [-0.2, -0.15) is 0 Å². The fraction of sp³-hybridized carbons (Fsp3) is 0.346. The van der Waals surface area contributed by atoms with Crippen LogP contribution in [0.15, 0.2) is 72.9 Å². The Balaban J connectivity index is 1.82. The number of aromatic nitrogens is 1. The minimum absolute atomic E-state index is 0.110. The SMILES string of the molecule is CC[C@H](C(=O)N(Cc1cccn1Cc1cccc(Cl)c1)CC(C)C)c1ccccc1. The number of benzene rings is 2. The van der Waals surface area contributed by atoms with Crippen LogP contribution in [0.3, 0.4) is 0 Å². The number of halogens is 1. The van der Waals surface area contributed by atoms with Gasteiger partial charge in [0.15, 0.2) is 0 Å². The van der Waals surface area contributed by atoms with Crippen molar-refractivity contribution >= 4 is 17.5 Å². The first-order chi connectivity index (χ1) is 14.5. The van der Waals surface area contributed by atoms with E-state index in [1.807, 2.05) is 47.4 Å². The molecule has 0 spiro atoms. The van der Waals surface area contributed by atoms with Gasteiger partial charge in [0.25, 0.3) is 0 Å². The first kappa shape index (κ1) is 22.2. The largest absolute Gasteiger partial charge is 0.345 e. The van der Waals surface area contributed by atoms with Gasteiger partial charge in [0.1, 0.15) is 0 Å². The van der Waals surface area contributed by atoms with E-state index in [1.165, 1.54) is 0 Å². The molecular weight excluding hydrogens is 392 g/mol. The number of carbonyl (C=O) groups excluding carboxylic acids is 1. The summed E-state index contributed by atoms with van der Waals surface area (Å²) in [6, 6.07) is 22.2. The van der Waals surface area contributed by atoms with Crippen LogP contribution < -0.4 is 0 Å². The van der Waals surface area contributed by atoms with Crippen molar-refractivity contribution in [2.45, 2.75) is 46.2 Å². The molecule has 0 aliphatic heterocycles. The maximum absolute atomic E-state index is 13.6. The highest BCUT2D eigenvalue weighted by Crippen LogP contribution is 2.24. The first-order valence-electron chi connectivity index (χ1n) is 10.7. The molecule has 0 saturated heterocycles. The van der Waals surface area contributed by atoms with Gasteiger partial charge in [0.05, 0.1) is 12.5 Å². The zero-order valence-corrected chi connectivity index (χ0v) is 18.8. The molecule has 3 rings (SSSR count). The molecule has 3 aromatic rings. The van der Waals surface area contributed by atoms with Gasteiger partial charge in [0, 0.05) is 30.0 Å². The summed E-state index contributed by atoms with van der Waals surface area (Å²) in [5.41, 5.74) is 3.37. The first-order valence-corrected chi connectivity index (χ1v) is 11.1. The van der Waals surface area contributed by atoms with E-state index in [9.17, 15) is 4.79 Å². The second-order valence-corrected chi connectivity index (χ2v) is 8.68. The Morgan fingerprint density at radius 1 is 1.03 bits per heavy atom. The summed E-state index contributed by atoms with van der Waals surface area (Å²) in [5.74, 6) is 0.493. The van der Waals surface area contributed by atoms with E-state index in [-0.39, 0.29) is 11.8 Å². The summed E-state index contributed by atoms with van der Waals surface area (Å²) in [6.45, 7) is 8.50. The smallest absolute Gasteiger partial charge is 0.230 e. The molecule has 1 atom stereocenters. The van der Waals surface area contributed by atoms with Crippen LogP contribution in [0.4, 0.5) is 0 Å². The van der Waals surface area contributed by atoms with Crippen LogP contribution in [-0.4, -0.2) is 21.9 Å². The van der Waals surface area contributed by atoms with Crippen molar-refractivity contribution in [3.63, 3.8) is 0 Å². The molecule has 158 valence electrons. The molecule has 0 fully saturated rings. The lowest BCUT2D eigenvalue weighted by atomic mass is 9.94. The zero-order valence-electron chi connectivity index (χ0n) is 18.1.